The Hall–Kier alpha value is -3.55. The Morgan fingerprint density at radius 1 is 1.00 bits per heavy atom. The largest absolute Gasteiger partial charge is 0.492 e. The summed E-state index contributed by atoms with van der Waals surface area (Å²) in [6.07, 6.45) is 1.05. The van der Waals surface area contributed by atoms with Crippen molar-refractivity contribution in [2.45, 2.75) is 44.8 Å². The van der Waals surface area contributed by atoms with Crippen LogP contribution in [0.15, 0.2) is 48.5 Å². The number of hydrogen-bond donors (Lipinski definition) is 0. The van der Waals surface area contributed by atoms with Crippen LogP contribution in [0.25, 0.3) is 11.1 Å². The van der Waals surface area contributed by atoms with Crippen molar-refractivity contribution >= 4 is 5.97 Å². The van der Waals surface area contributed by atoms with Crippen molar-refractivity contribution in [1.82, 2.24) is 0 Å². The van der Waals surface area contributed by atoms with Gasteiger partial charge in [-0.25, -0.2) is 0 Å². The summed E-state index contributed by atoms with van der Waals surface area (Å²) in [6.45, 7) is 6.13. The first-order valence-corrected chi connectivity index (χ1v) is 13.2. The van der Waals surface area contributed by atoms with Gasteiger partial charge in [-0.2, -0.15) is 0 Å². The van der Waals surface area contributed by atoms with E-state index in [1.807, 2.05) is 18.2 Å². The monoisotopic (exact) mass is 532 g/mol. The molecule has 0 radical (unpaired) electrons. The van der Waals surface area contributed by atoms with Crippen molar-refractivity contribution in [1.29, 1.82) is 0 Å². The lowest BCUT2D eigenvalue weighted by Gasteiger charge is -2.27. The Kier molecular flexibility index (Phi) is 7.82. The topological polar surface area (TPSA) is 72.5 Å². The maximum atomic E-state index is 11.7. The van der Waals surface area contributed by atoms with Gasteiger partial charge in [0, 0.05) is 43.8 Å². The number of rotatable bonds is 10. The van der Waals surface area contributed by atoms with Crippen molar-refractivity contribution in [3.8, 4) is 28.4 Å². The van der Waals surface area contributed by atoms with Gasteiger partial charge in [-0.3, -0.25) is 4.79 Å². The molecule has 0 spiro atoms. The van der Waals surface area contributed by atoms with E-state index < -0.39 is 5.60 Å². The van der Waals surface area contributed by atoms with E-state index in [1.54, 1.807) is 14.2 Å². The molecule has 2 heterocycles. The second-order valence-electron chi connectivity index (χ2n) is 10.5. The van der Waals surface area contributed by atoms with E-state index in [0.29, 0.717) is 32.8 Å². The Morgan fingerprint density at radius 3 is 2.54 bits per heavy atom. The van der Waals surface area contributed by atoms with E-state index in [-0.39, 0.29) is 11.9 Å². The molecule has 0 saturated carbocycles. The zero-order valence-corrected chi connectivity index (χ0v) is 23.3. The Bertz CT molecular complexity index is 1360. The number of ether oxygens (including phenoxy) is 6. The molecule has 0 aromatic heterocycles. The molecule has 0 saturated heterocycles. The number of benzene rings is 3. The fourth-order valence-electron chi connectivity index (χ4n) is 5.85. The normalized spacial score (nSPS) is 16.7. The van der Waals surface area contributed by atoms with Crippen LogP contribution in [0.4, 0.5) is 0 Å². The van der Waals surface area contributed by atoms with Crippen molar-refractivity contribution in [2.75, 3.05) is 41.2 Å². The van der Waals surface area contributed by atoms with Crippen LogP contribution in [-0.4, -0.2) is 52.7 Å². The van der Waals surface area contributed by atoms with E-state index in [4.69, 9.17) is 28.4 Å². The number of carbonyl (C=O) groups excluding carboxylic acids is 1. The lowest BCUT2D eigenvalue weighted by Crippen LogP contribution is -2.44. The number of methoxy groups -OCH3 is 3. The number of aryl methyl sites for hydroxylation is 1. The minimum Gasteiger partial charge on any atom is -0.492 e. The molecule has 3 aromatic rings. The fourth-order valence-corrected chi connectivity index (χ4v) is 5.85. The van der Waals surface area contributed by atoms with E-state index >= 15 is 0 Å². The predicted molar refractivity (Wildman–Crippen MR) is 148 cm³/mol. The molecule has 206 valence electrons. The third-order valence-corrected chi connectivity index (χ3v) is 7.63. The highest BCUT2D eigenvalue weighted by molar-refractivity contribution is 5.75. The van der Waals surface area contributed by atoms with Crippen LogP contribution in [0.2, 0.25) is 0 Å². The molecule has 3 aromatic carbocycles. The van der Waals surface area contributed by atoms with Gasteiger partial charge in [0.25, 0.3) is 0 Å². The predicted octanol–water partition coefficient (Wildman–Crippen LogP) is 5.56. The molecule has 7 nitrogen and oxygen atoms in total. The molecule has 0 amide bonds. The quantitative estimate of drug-likeness (QED) is 0.317. The molecular formula is C32H36O7. The summed E-state index contributed by atoms with van der Waals surface area (Å²) < 4.78 is 34.1. The molecule has 7 heteroatoms. The van der Waals surface area contributed by atoms with E-state index in [1.165, 1.54) is 23.8 Å². The van der Waals surface area contributed by atoms with Crippen molar-refractivity contribution in [3.63, 3.8) is 0 Å². The fraction of sp³-hybridized carbons (Fsp3) is 0.406. The summed E-state index contributed by atoms with van der Waals surface area (Å²) in [5.41, 5.74) is 7.52. The van der Waals surface area contributed by atoms with Crippen LogP contribution >= 0.6 is 0 Å². The van der Waals surface area contributed by atoms with Gasteiger partial charge in [-0.1, -0.05) is 24.3 Å². The van der Waals surface area contributed by atoms with Gasteiger partial charge >= 0.3 is 5.97 Å². The third kappa shape index (κ3) is 5.47. The molecule has 0 N–H and O–H groups in total. The highest BCUT2D eigenvalue weighted by atomic mass is 16.6. The maximum absolute atomic E-state index is 11.7. The van der Waals surface area contributed by atoms with Crippen LogP contribution in [-0.2, 0) is 32.0 Å². The molecule has 39 heavy (non-hydrogen) atoms. The summed E-state index contributed by atoms with van der Waals surface area (Å²) in [4.78, 5) is 11.7. The van der Waals surface area contributed by atoms with Crippen LogP contribution in [0.1, 0.15) is 40.2 Å². The third-order valence-electron chi connectivity index (χ3n) is 7.63. The summed E-state index contributed by atoms with van der Waals surface area (Å²) in [7, 11) is 4.79. The average Bonchev–Trinajstić information content (AvgIpc) is 3.49. The van der Waals surface area contributed by atoms with Gasteiger partial charge in [0.2, 0.25) is 0 Å². The number of esters is 1. The van der Waals surface area contributed by atoms with E-state index in [0.717, 1.165) is 45.9 Å². The summed E-state index contributed by atoms with van der Waals surface area (Å²) in [6, 6.07) is 16.4. The van der Waals surface area contributed by atoms with Gasteiger partial charge in [0.1, 0.15) is 23.9 Å². The minimum atomic E-state index is -0.504. The van der Waals surface area contributed by atoms with Crippen molar-refractivity contribution in [2.24, 2.45) is 0 Å². The van der Waals surface area contributed by atoms with E-state index in [9.17, 15) is 4.79 Å². The highest BCUT2D eigenvalue weighted by Gasteiger charge is 2.41. The number of hydrogen-bond acceptors (Lipinski definition) is 7. The minimum absolute atomic E-state index is 0.0107. The molecule has 2 aliphatic rings. The number of fused-ring (bicyclic) bond motifs is 2. The van der Waals surface area contributed by atoms with Gasteiger partial charge in [-0.15, -0.1) is 0 Å². The molecule has 0 bridgehead atoms. The summed E-state index contributed by atoms with van der Waals surface area (Å²) >= 11 is 0. The highest BCUT2D eigenvalue weighted by Crippen LogP contribution is 2.43. The first kappa shape index (κ1) is 27.0. The lowest BCUT2D eigenvalue weighted by molar-refractivity contribution is -0.141. The van der Waals surface area contributed by atoms with Crippen LogP contribution < -0.4 is 14.2 Å². The van der Waals surface area contributed by atoms with Crippen molar-refractivity contribution in [3.05, 3.63) is 76.3 Å². The molecule has 0 fully saturated rings. The van der Waals surface area contributed by atoms with E-state index in [2.05, 4.69) is 44.2 Å². The molecular weight excluding hydrogens is 496 g/mol. The van der Waals surface area contributed by atoms with Crippen LogP contribution in [0.3, 0.4) is 0 Å². The zero-order valence-electron chi connectivity index (χ0n) is 23.3. The van der Waals surface area contributed by atoms with Crippen LogP contribution in [0, 0.1) is 13.8 Å². The van der Waals surface area contributed by atoms with Gasteiger partial charge in [0.05, 0.1) is 33.4 Å². The standard InChI is InChI=1S/C32H36O7/c1-20-11-29-27(15-32(39-29,18-34-3)19-35-4)21(2)31(20)23-8-6-7-22(12-23)16-37-25-9-10-26-24(13-30(33)36-5)17-38-28(26)14-25/h6-12,14,24H,13,15-19H2,1-5H3. The zero-order chi connectivity index (χ0) is 27.6. The number of carbonyl (C=O) groups is 1. The second kappa shape index (κ2) is 11.3. The molecule has 1 atom stereocenters. The van der Waals surface area contributed by atoms with Crippen molar-refractivity contribution < 1.29 is 33.2 Å². The second-order valence-corrected chi connectivity index (χ2v) is 10.5. The Labute approximate surface area is 229 Å². The Balaban J connectivity index is 1.33. The van der Waals surface area contributed by atoms with Gasteiger partial charge in [0.15, 0.2) is 5.60 Å². The van der Waals surface area contributed by atoms with Gasteiger partial charge in [-0.05, 0) is 59.9 Å². The first-order chi connectivity index (χ1) is 18.9. The first-order valence-electron chi connectivity index (χ1n) is 13.2. The Morgan fingerprint density at radius 2 is 1.79 bits per heavy atom. The molecule has 1 unspecified atom stereocenters. The van der Waals surface area contributed by atoms with Crippen LogP contribution in [0.5, 0.6) is 17.2 Å². The lowest BCUT2D eigenvalue weighted by atomic mass is 9.88. The summed E-state index contributed by atoms with van der Waals surface area (Å²) in [5.74, 6) is 2.18. The van der Waals surface area contributed by atoms with Gasteiger partial charge < -0.3 is 28.4 Å². The average molecular weight is 533 g/mol. The molecule has 0 aliphatic carbocycles. The molecule has 2 aliphatic heterocycles. The smallest absolute Gasteiger partial charge is 0.306 e. The maximum Gasteiger partial charge on any atom is 0.306 e. The molecule has 5 rings (SSSR count). The summed E-state index contributed by atoms with van der Waals surface area (Å²) in [5, 5.41) is 0. The SMILES string of the molecule is COCC1(COC)Cc2c(cc(C)c(-c3cccc(COc4ccc5c(c4)OCC5CC(=O)OC)c3)c2C)O1.